The Morgan fingerprint density at radius 1 is 1.09 bits per heavy atom. The molecule has 0 spiro atoms. The highest BCUT2D eigenvalue weighted by Gasteiger charge is 2.28. The van der Waals surface area contributed by atoms with Crippen LogP contribution in [0.25, 0.3) is 0 Å². The van der Waals surface area contributed by atoms with E-state index in [2.05, 4.69) is 10.2 Å². The van der Waals surface area contributed by atoms with Gasteiger partial charge >= 0.3 is 5.97 Å². The maximum Gasteiger partial charge on any atom is 0.308 e. The average molecular weight is 445 g/mol. The van der Waals surface area contributed by atoms with Gasteiger partial charge in [0.05, 0.1) is 31.8 Å². The number of piperidine rings is 1. The van der Waals surface area contributed by atoms with E-state index in [9.17, 15) is 9.59 Å². The Hall–Kier alpha value is -2.61. The van der Waals surface area contributed by atoms with Crippen LogP contribution in [-0.2, 0) is 20.8 Å². The molecule has 2 aliphatic rings. The molecule has 1 N–H and O–H groups in total. The summed E-state index contributed by atoms with van der Waals surface area (Å²) in [5.74, 6) is 0.750. The highest BCUT2D eigenvalue weighted by Crippen LogP contribution is 2.19. The second-order valence-corrected chi connectivity index (χ2v) is 8.62. The Balaban J connectivity index is 1.59. The minimum absolute atomic E-state index is 0.0263. The van der Waals surface area contributed by atoms with Crippen LogP contribution in [0.15, 0.2) is 29.3 Å². The summed E-state index contributed by atoms with van der Waals surface area (Å²) in [6.45, 7) is 10.1. The number of hydrogen-bond acceptors (Lipinski definition) is 5. The lowest BCUT2D eigenvalue weighted by molar-refractivity contribution is -0.146. The van der Waals surface area contributed by atoms with Crippen LogP contribution in [0, 0.1) is 5.92 Å². The third-order valence-electron chi connectivity index (χ3n) is 5.98. The molecule has 1 aromatic carbocycles. The summed E-state index contributed by atoms with van der Waals surface area (Å²) in [5, 5.41) is 3.35. The Bertz CT molecular complexity index is 793. The second-order valence-electron chi connectivity index (χ2n) is 8.62. The Morgan fingerprint density at radius 2 is 1.72 bits per heavy atom. The topological polar surface area (TPSA) is 83.5 Å². The largest absolute Gasteiger partial charge is 0.469 e. The van der Waals surface area contributed by atoms with Crippen molar-refractivity contribution in [1.82, 2.24) is 15.1 Å². The number of morpholine rings is 1. The van der Waals surface area contributed by atoms with Crippen molar-refractivity contribution in [3.8, 4) is 0 Å². The zero-order valence-electron chi connectivity index (χ0n) is 19.7. The fourth-order valence-corrected chi connectivity index (χ4v) is 4.36. The van der Waals surface area contributed by atoms with Crippen LogP contribution in [0.3, 0.4) is 0 Å². The van der Waals surface area contributed by atoms with Gasteiger partial charge in [0.25, 0.3) is 5.91 Å². The summed E-state index contributed by atoms with van der Waals surface area (Å²) < 4.78 is 10.6. The minimum Gasteiger partial charge on any atom is -0.469 e. The van der Waals surface area contributed by atoms with Crippen LogP contribution in [0.2, 0.25) is 0 Å². The van der Waals surface area contributed by atoms with E-state index in [1.165, 1.54) is 7.11 Å². The number of ether oxygens (including phenoxy) is 2. The standard InChI is InChI=1S/C24H36N4O4/c1-5-25-24(27-12-10-21(11-13-27)23(30)31-4)26-14-19-6-8-20(9-7-19)22(29)28-15-17(2)32-18(3)16-28/h6-9,17-18,21H,5,10-16H2,1-4H3,(H,25,26). The molecule has 2 heterocycles. The van der Waals surface area contributed by atoms with Crippen molar-refractivity contribution >= 4 is 17.8 Å². The lowest BCUT2D eigenvalue weighted by Crippen LogP contribution is -2.48. The number of esters is 1. The SMILES string of the molecule is CCNC(=NCc1ccc(C(=O)N2CC(C)OC(C)C2)cc1)N1CCC(C(=O)OC)CC1. The molecule has 176 valence electrons. The number of nitrogens with one attached hydrogen (secondary N) is 1. The molecule has 0 saturated carbocycles. The summed E-state index contributed by atoms with van der Waals surface area (Å²) in [6, 6.07) is 7.70. The number of amides is 1. The van der Waals surface area contributed by atoms with Gasteiger partial charge in [-0.25, -0.2) is 4.99 Å². The van der Waals surface area contributed by atoms with Crippen molar-refractivity contribution in [2.75, 3.05) is 39.8 Å². The van der Waals surface area contributed by atoms with Crippen molar-refractivity contribution in [1.29, 1.82) is 0 Å². The first-order valence-electron chi connectivity index (χ1n) is 11.6. The zero-order valence-corrected chi connectivity index (χ0v) is 19.7. The van der Waals surface area contributed by atoms with Gasteiger partial charge in [0, 0.05) is 38.3 Å². The maximum atomic E-state index is 12.8. The van der Waals surface area contributed by atoms with Crippen molar-refractivity contribution in [3.05, 3.63) is 35.4 Å². The number of rotatable bonds is 5. The van der Waals surface area contributed by atoms with Crippen molar-refractivity contribution < 1.29 is 19.1 Å². The van der Waals surface area contributed by atoms with Crippen LogP contribution < -0.4 is 5.32 Å². The molecule has 32 heavy (non-hydrogen) atoms. The van der Waals surface area contributed by atoms with Gasteiger partial charge in [-0.3, -0.25) is 9.59 Å². The number of carbonyl (C=O) groups is 2. The Kier molecular flexibility index (Phi) is 8.50. The van der Waals surface area contributed by atoms with Gasteiger partial charge in [0.1, 0.15) is 0 Å². The van der Waals surface area contributed by atoms with E-state index in [0.717, 1.165) is 44.0 Å². The van der Waals surface area contributed by atoms with Crippen LogP contribution in [0.4, 0.5) is 0 Å². The first-order valence-corrected chi connectivity index (χ1v) is 11.6. The molecule has 1 aromatic rings. The van der Waals surface area contributed by atoms with E-state index < -0.39 is 0 Å². The van der Waals surface area contributed by atoms with Crippen molar-refractivity contribution in [2.24, 2.45) is 10.9 Å². The lowest BCUT2D eigenvalue weighted by Gasteiger charge is -2.35. The quantitative estimate of drug-likeness (QED) is 0.426. The molecule has 2 atom stereocenters. The molecule has 8 nitrogen and oxygen atoms in total. The predicted octanol–water partition coefficient (Wildman–Crippen LogP) is 2.29. The molecule has 0 bridgehead atoms. The van der Waals surface area contributed by atoms with E-state index in [-0.39, 0.29) is 30.0 Å². The molecular formula is C24H36N4O4. The molecule has 1 amide bonds. The third-order valence-corrected chi connectivity index (χ3v) is 5.98. The highest BCUT2D eigenvalue weighted by molar-refractivity contribution is 5.94. The molecule has 2 saturated heterocycles. The van der Waals surface area contributed by atoms with Crippen LogP contribution in [-0.4, -0.2) is 79.7 Å². The van der Waals surface area contributed by atoms with E-state index >= 15 is 0 Å². The third kappa shape index (κ3) is 6.22. The second kappa shape index (κ2) is 11.3. The summed E-state index contributed by atoms with van der Waals surface area (Å²) in [7, 11) is 1.45. The van der Waals surface area contributed by atoms with Crippen LogP contribution >= 0.6 is 0 Å². The number of hydrogen-bond donors (Lipinski definition) is 1. The summed E-state index contributed by atoms with van der Waals surface area (Å²) in [6.07, 6.45) is 1.65. The first kappa shape index (κ1) is 24.0. The lowest BCUT2D eigenvalue weighted by atomic mass is 9.97. The summed E-state index contributed by atoms with van der Waals surface area (Å²) in [5.41, 5.74) is 1.74. The molecular weight excluding hydrogens is 408 g/mol. The first-order chi connectivity index (χ1) is 15.4. The van der Waals surface area contributed by atoms with E-state index in [4.69, 9.17) is 14.5 Å². The van der Waals surface area contributed by atoms with Crippen molar-refractivity contribution in [3.63, 3.8) is 0 Å². The molecule has 2 fully saturated rings. The van der Waals surface area contributed by atoms with E-state index in [1.54, 1.807) is 0 Å². The summed E-state index contributed by atoms with van der Waals surface area (Å²) in [4.78, 5) is 33.5. The van der Waals surface area contributed by atoms with Gasteiger partial charge in [-0.1, -0.05) is 12.1 Å². The van der Waals surface area contributed by atoms with Crippen LogP contribution in [0.1, 0.15) is 49.5 Å². The number of nitrogens with zero attached hydrogens (tertiary/aromatic N) is 3. The zero-order chi connectivity index (χ0) is 23.1. The molecule has 2 unspecified atom stereocenters. The normalized spacial score (nSPS) is 22.6. The Labute approximate surface area is 191 Å². The Morgan fingerprint density at radius 3 is 2.28 bits per heavy atom. The fraction of sp³-hybridized carbons (Fsp3) is 0.625. The van der Waals surface area contributed by atoms with Gasteiger partial charge in [0.2, 0.25) is 0 Å². The van der Waals surface area contributed by atoms with Gasteiger partial charge in [-0.05, 0) is 51.3 Å². The molecule has 8 heteroatoms. The molecule has 3 rings (SSSR count). The van der Waals surface area contributed by atoms with Gasteiger partial charge in [-0.2, -0.15) is 0 Å². The predicted molar refractivity (Wildman–Crippen MR) is 123 cm³/mol. The van der Waals surface area contributed by atoms with E-state index in [0.29, 0.717) is 25.2 Å². The number of carbonyl (C=O) groups excluding carboxylic acids is 2. The van der Waals surface area contributed by atoms with Gasteiger partial charge in [0.15, 0.2) is 5.96 Å². The highest BCUT2D eigenvalue weighted by atomic mass is 16.5. The van der Waals surface area contributed by atoms with Crippen molar-refractivity contribution in [2.45, 2.75) is 52.4 Å². The van der Waals surface area contributed by atoms with E-state index in [1.807, 2.05) is 49.9 Å². The van der Waals surface area contributed by atoms with Gasteiger partial charge in [-0.15, -0.1) is 0 Å². The van der Waals surface area contributed by atoms with Gasteiger partial charge < -0.3 is 24.6 Å². The molecule has 0 aromatic heterocycles. The number of aliphatic imine (C=N–C) groups is 1. The number of likely N-dealkylation sites (tertiary alicyclic amines) is 1. The average Bonchev–Trinajstić information content (AvgIpc) is 2.80. The smallest absolute Gasteiger partial charge is 0.308 e. The molecule has 2 aliphatic heterocycles. The fourth-order valence-electron chi connectivity index (χ4n) is 4.36. The monoisotopic (exact) mass is 444 g/mol. The number of guanidine groups is 1. The maximum absolute atomic E-state index is 12.8. The molecule has 0 aliphatic carbocycles. The minimum atomic E-state index is -0.123. The molecule has 0 radical (unpaired) electrons. The number of benzene rings is 1. The van der Waals surface area contributed by atoms with Crippen LogP contribution in [0.5, 0.6) is 0 Å². The number of methoxy groups -OCH3 is 1. The summed E-state index contributed by atoms with van der Waals surface area (Å²) >= 11 is 0.